The van der Waals surface area contributed by atoms with Gasteiger partial charge in [-0.3, -0.25) is 10.3 Å². The van der Waals surface area contributed by atoms with Gasteiger partial charge in [0.25, 0.3) is 0 Å². The number of aryl methyl sites for hydroxylation is 1. The van der Waals surface area contributed by atoms with Crippen LogP contribution < -0.4 is 5.32 Å². The first kappa shape index (κ1) is 22.0. The molecule has 2 unspecified atom stereocenters. The predicted octanol–water partition coefficient (Wildman–Crippen LogP) is 3.49. The van der Waals surface area contributed by atoms with Crippen molar-refractivity contribution in [3.8, 4) is 0 Å². The Hall–Kier alpha value is -2.25. The Morgan fingerprint density at radius 3 is 2.74 bits per heavy atom. The van der Waals surface area contributed by atoms with E-state index in [9.17, 15) is 10.2 Å². The van der Waals surface area contributed by atoms with Gasteiger partial charge in [-0.25, -0.2) is 0 Å². The molecule has 0 radical (unpaired) electrons. The molecule has 3 heterocycles. The van der Waals surface area contributed by atoms with Gasteiger partial charge in [-0.2, -0.15) is 0 Å². The van der Waals surface area contributed by atoms with E-state index in [0.29, 0.717) is 18.5 Å². The van der Waals surface area contributed by atoms with Crippen molar-refractivity contribution in [3.05, 3.63) is 65.1 Å². The van der Waals surface area contributed by atoms with Crippen LogP contribution in [0, 0.1) is 6.92 Å². The van der Waals surface area contributed by atoms with Crippen LogP contribution in [0.4, 0.5) is 0 Å². The normalized spacial score (nSPS) is 17.5. The lowest BCUT2D eigenvalue weighted by molar-refractivity contribution is -0.0666. The zero-order valence-electron chi connectivity index (χ0n) is 18.8. The highest BCUT2D eigenvalue weighted by atomic mass is 16.3. The lowest BCUT2D eigenvalue weighted by Crippen LogP contribution is -2.50. The summed E-state index contributed by atoms with van der Waals surface area (Å²) in [6.45, 7) is 6.53. The number of aliphatic hydroxyl groups excluding tert-OH is 1. The molecular weight excluding hydrogens is 388 g/mol. The van der Waals surface area contributed by atoms with Crippen molar-refractivity contribution in [2.75, 3.05) is 13.6 Å². The number of benzene rings is 1. The van der Waals surface area contributed by atoms with Crippen molar-refractivity contribution in [2.45, 2.75) is 64.6 Å². The maximum Gasteiger partial charge on any atom is 0.136 e. The first-order valence-corrected chi connectivity index (χ1v) is 11.3. The second-order valence-corrected chi connectivity index (χ2v) is 8.98. The van der Waals surface area contributed by atoms with Crippen LogP contribution in [-0.4, -0.2) is 44.0 Å². The predicted molar refractivity (Wildman–Crippen MR) is 124 cm³/mol. The Morgan fingerprint density at radius 1 is 1.23 bits per heavy atom. The van der Waals surface area contributed by atoms with Crippen LogP contribution >= 0.6 is 0 Å². The van der Waals surface area contributed by atoms with Crippen molar-refractivity contribution >= 4 is 10.9 Å². The molecule has 0 spiro atoms. The fraction of sp³-hybridized carbons (Fsp3) is 0.480. The molecule has 6 heteroatoms. The highest BCUT2D eigenvalue weighted by Gasteiger charge is 2.33. The van der Waals surface area contributed by atoms with Crippen molar-refractivity contribution in [1.29, 1.82) is 0 Å². The molecule has 3 aromatic rings. The van der Waals surface area contributed by atoms with E-state index in [4.69, 9.17) is 0 Å². The van der Waals surface area contributed by atoms with Gasteiger partial charge in [0.15, 0.2) is 0 Å². The Bertz CT molecular complexity index is 1030. The van der Waals surface area contributed by atoms with E-state index in [1.165, 1.54) is 22.2 Å². The number of fused-ring (bicyclic) bond motifs is 3. The molecule has 1 aliphatic heterocycles. The van der Waals surface area contributed by atoms with E-state index in [2.05, 4.69) is 58.9 Å². The molecule has 0 aliphatic carbocycles. The standard InChI is InChI=1S/C25H34N4O2/c1-4-5-11-25(31,27-24(30)19-8-12-26-13-9-19)17-29-22-7-6-18(2)15-21(22)20-10-14-28(3)16-23(20)29/h6-9,12-13,15,24,27,30-31H,4-5,10-11,14,16-17H2,1-3H3. The minimum absolute atomic E-state index is 0.387. The second kappa shape index (κ2) is 9.09. The molecule has 1 aliphatic rings. The van der Waals surface area contributed by atoms with Crippen molar-refractivity contribution in [3.63, 3.8) is 0 Å². The third kappa shape index (κ3) is 4.67. The summed E-state index contributed by atoms with van der Waals surface area (Å²) in [7, 11) is 2.14. The summed E-state index contributed by atoms with van der Waals surface area (Å²) in [5.74, 6) is 0. The second-order valence-electron chi connectivity index (χ2n) is 8.98. The number of nitrogens with one attached hydrogen (secondary N) is 1. The van der Waals surface area contributed by atoms with Crippen LogP contribution in [-0.2, 0) is 19.5 Å². The maximum atomic E-state index is 11.7. The largest absolute Gasteiger partial charge is 0.374 e. The van der Waals surface area contributed by atoms with Gasteiger partial charge < -0.3 is 19.7 Å². The third-order valence-electron chi connectivity index (χ3n) is 6.40. The number of likely N-dealkylation sites (N-methyl/N-ethyl adjacent to an activating group) is 1. The Kier molecular flexibility index (Phi) is 6.44. The number of unbranched alkanes of at least 4 members (excludes halogenated alkanes) is 1. The van der Waals surface area contributed by atoms with E-state index < -0.39 is 12.0 Å². The van der Waals surface area contributed by atoms with Gasteiger partial charge in [0.2, 0.25) is 0 Å². The van der Waals surface area contributed by atoms with Crippen LogP contribution in [0.15, 0.2) is 42.7 Å². The van der Waals surface area contributed by atoms with Gasteiger partial charge in [-0.1, -0.05) is 25.0 Å². The minimum atomic E-state index is -1.24. The van der Waals surface area contributed by atoms with Crippen molar-refractivity contribution in [2.24, 2.45) is 0 Å². The van der Waals surface area contributed by atoms with Crippen LogP contribution in [0.25, 0.3) is 10.9 Å². The van der Waals surface area contributed by atoms with Gasteiger partial charge in [0.1, 0.15) is 12.0 Å². The average molecular weight is 423 g/mol. The molecule has 3 N–H and O–H groups in total. The van der Waals surface area contributed by atoms with Gasteiger partial charge in [-0.05, 0) is 68.6 Å². The lowest BCUT2D eigenvalue weighted by atomic mass is 10.0. The highest BCUT2D eigenvalue weighted by Crippen LogP contribution is 2.33. The number of hydrogen-bond acceptors (Lipinski definition) is 5. The number of aliphatic hydroxyl groups is 2. The number of hydrogen-bond donors (Lipinski definition) is 3. The Morgan fingerprint density at radius 2 is 2.00 bits per heavy atom. The highest BCUT2D eigenvalue weighted by molar-refractivity contribution is 5.86. The monoisotopic (exact) mass is 422 g/mol. The number of rotatable bonds is 8. The molecule has 0 saturated heterocycles. The van der Waals surface area contributed by atoms with Crippen molar-refractivity contribution < 1.29 is 10.2 Å². The molecule has 0 fully saturated rings. The summed E-state index contributed by atoms with van der Waals surface area (Å²) >= 11 is 0. The molecule has 2 atom stereocenters. The maximum absolute atomic E-state index is 11.7. The SMILES string of the molecule is CCCCC(O)(Cn1c2c(c3cc(C)ccc31)CCN(C)C2)NC(O)c1ccncc1. The van der Waals surface area contributed by atoms with E-state index in [1.807, 2.05) is 0 Å². The van der Waals surface area contributed by atoms with Gasteiger partial charge in [0.05, 0.1) is 6.54 Å². The number of aromatic nitrogens is 2. The van der Waals surface area contributed by atoms with E-state index in [0.717, 1.165) is 37.9 Å². The zero-order chi connectivity index (χ0) is 22.0. The van der Waals surface area contributed by atoms with E-state index >= 15 is 0 Å². The average Bonchev–Trinajstić information content (AvgIpc) is 3.04. The number of pyridine rings is 1. The smallest absolute Gasteiger partial charge is 0.136 e. The van der Waals surface area contributed by atoms with E-state index in [-0.39, 0.29) is 0 Å². The molecule has 31 heavy (non-hydrogen) atoms. The van der Waals surface area contributed by atoms with Gasteiger partial charge in [0, 0.05) is 42.1 Å². The first-order valence-electron chi connectivity index (χ1n) is 11.3. The fourth-order valence-corrected chi connectivity index (χ4v) is 4.68. The molecular formula is C25H34N4O2. The first-order chi connectivity index (χ1) is 14.9. The molecule has 6 nitrogen and oxygen atoms in total. The topological polar surface area (TPSA) is 73.5 Å². The van der Waals surface area contributed by atoms with Crippen molar-refractivity contribution in [1.82, 2.24) is 19.8 Å². The van der Waals surface area contributed by atoms with E-state index in [1.54, 1.807) is 24.5 Å². The Labute approximate surface area is 184 Å². The molecule has 4 rings (SSSR count). The van der Waals surface area contributed by atoms with Crippen LogP contribution in [0.2, 0.25) is 0 Å². The lowest BCUT2D eigenvalue weighted by Gasteiger charge is -2.34. The fourth-order valence-electron chi connectivity index (χ4n) is 4.68. The molecule has 0 saturated carbocycles. The molecule has 0 amide bonds. The summed E-state index contributed by atoms with van der Waals surface area (Å²) in [4.78, 5) is 6.35. The number of nitrogens with zero attached hydrogens (tertiary/aromatic N) is 3. The summed E-state index contributed by atoms with van der Waals surface area (Å²) in [6, 6.07) is 10.1. The Balaban J connectivity index is 1.72. The van der Waals surface area contributed by atoms with Crippen LogP contribution in [0.3, 0.4) is 0 Å². The van der Waals surface area contributed by atoms with Crippen LogP contribution in [0.5, 0.6) is 0 Å². The summed E-state index contributed by atoms with van der Waals surface area (Å²) in [5.41, 5.74) is 4.52. The summed E-state index contributed by atoms with van der Waals surface area (Å²) in [5, 5.41) is 26.9. The molecule has 166 valence electrons. The molecule has 2 aromatic heterocycles. The minimum Gasteiger partial charge on any atom is -0.374 e. The van der Waals surface area contributed by atoms with Gasteiger partial charge >= 0.3 is 0 Å². The summed E-state index contributed by atoms with van der Waals surface area (Å²) < 4.78 is 2.27. The summed E-state index contributed by atoms with van der Waals surface area (Å²) in [6.07, 6.45) is 5.75. The quantitative estimate of drug-likeness (QED) is 0.485. The zero-order valence-corrected chi connectivity index (χ0v) is 18.8. The van der Waals surface area contributed by atoms with Crippen LogP contribution in [0.1, 0.15) is 54.8 Å². The third-order valence-corrected chi connectivity index (χ3v) is 6.40. The molecule has 0 bridgehead atoms. The molecule has 1 aromatic carbocycles. The van der Waals surface area contributed by atoms with Gasteiger partial charge in [-0.15, -0.1) is 0 Å².